The molecule has 1 spiro atoms. The smallest absolute Gasteiger partial charge is 0.248 e. The monoisotopic (exact) mass is 503 g/mol. The van der Waals surface area contributed by atoms with Gasteiger partial charge in [-0.15, -0.1) is 11.8 Å². The van der Waals surface area contributed by atoms with Crippen molar-refractivity contribution in [1.29, 1.82) is 0 Å². The largest absolute Gasteiger partial charge is 0.497 e. The van der Waals surface area contributed by atoms with Gasteiger partial charge >= 0.3 is 0 Å². The maximum atomic E-state index is 14.1. The lowest BCUT2D eigenvalue weighted by atomic mass is 9.66. The molecule has 4 rings (SSSR count). The van der Waals surface area contributed by atoms with Gasteiger partial charge in [0.15, 0.2) is 0 Å². The summed E-state index contributed by atoms with van der Waals surface area (Å²) in [5.41, 5.74) is 0.607. The minimum absolute atomic E-state index is 0.000805. The first-order chi connectivity index (χ1) is 16.7. The van der Waals surface area contributed by atoms with Gasteiger partial charge in [-0.2, -0.15) is 0 Å². The minimum atomic E-state index is -0.782. The van der Waals surface area contributed by atoms with Crippen LogP contribution in [0.5, 0.6) is 5.75 Å². The molecule has 9 heteroatoms. The van der Waals surface area contributed by atoms with Gasteiger partial charge in [0, 0.05) is 17.5 Å². The van der Waals surface area contributed by atoms with Gasteiger partial charge in [-0.25, -0.2) is 0 Å². The number of carbonyl (C=O) groups excluding carboxylic acids is 3. The number of hydrogen-bond donors (Lipinski definition) is 3. The van der Waals surface area contributed by atoms with Crippen molar-refractivity contribution in [3.8, 4) is 5.75 Å². The number of anilines is 1. The number of thioether (sulfide) groups is 1. The summed E-state index contributed by atoms with van der Waals surface area (Å²) >= 11 is 1.64. The third-order valence-corrected chi connectivity index (χ3v) is 10.0. The van der Waals surface area contributed by atoms with Gasteiger partial charge in [0.25, 0.3) is 0 Å². The lowest BCUT2D eigenvalue weighted by molar-refractivity contribution is -0.143. The molecular weight excluding hydrogens is 466 g/mol. The quantitative estimate of drug-likeness (QED) is 0.478. The number of benzene rings is 1. The average molecular weight is 504 g/mol. The van der Waals surface area contributed by atoms with E-state index in [0.717, 1.165) is 12.8 Å². The molecule has 7 atom stereocenters. The lowest BCUT2D eigenvalue weighted by Gasteiger charge is -2.40. The molecule has 3 saturated heterocycles. The Kier molecular flexibility index (Phi) is 7.38. The third-order valence-electron chi connectivity index (χ3n) is 7.96. The fraction of sp³-hybridized carbons (Fsp3) is 0.654. The minimum Gasteiger partial charge on any atom is -0.497 e. The van der Waals surface area contributed by atoms with E-state index in [-0.39, 0.29) is 41.4 Å². The second kappa shape index (κ2) is 10.0. The molecule has 0 radical (unpaired) electrons. The number of aliphatic hydroxyl groups is 1. The second-order valence-corrected chi connectivity index (χ2v) is 11.8. The van der Waals surface area contributed by atoms with E-state index in [4.69, 9.17) is 4.74 Å². The summed E-state index contributed by atoms with van der Waals surface area (Å²) in [4.78, 5) is 42.9. The maximum absolute atomic E-state index is 14.1. The zero-order valence-electron chi connectivity index (χ0n) is 21.1. The summed E-state index contributed by atoms with van der Waals surface area (Å²) in [7, 11) is 1.58. The van der Waals surface area contributed by atoms with Crippen molar-refractivity contribution in [1.82, 2.24) is 10.2 Å². The van der Waals surface area contributed by atoms with Crippen molar-refractivity contribution in [2.24, 2.45) is 23.7 Å². The van der Waals surface area contributed by atoms with E-state index in [9.17, 15) is 19.5 Å². The summed E-state index contributed by atoms with van der Waals surface area (Å²) < 4.78 is 4.50. The first-order valence-corrected chi connectivity index (χ1v) is 13.4. The van der Waals surface area contributed by atoms with E-state index < -0.39 is 28.7 Å². The predicted molar refractivity (Wildman–Crippen MR) is 136 cm³/mol. The van der Waals surface area contributed by atoms with Crippen LogP contribution in [0.2, 0.25) is 0 Å². The van der Waals surface area contributed by atoms with Crippen LogP contribution in [-0.2, 0) is 14.4 Å². The van der Waals surface area contributed by atoms with Gasteiger partial charge in [0.2, 0.25) is 17.7 Å². The molecule has 1 aromatic carbocycles. The molecule has 3 aliphatic heterocycles. The van der Waals surface area contributed by atoms with E-state index >= 15 is 0 Å². The number of carbonyl (C=O) groups is 3. The Labute approximate surface area is 211 Å². The molecule has 0 saturated carbocycles. The number of likely N-dealkylation sites (tertiary alicyclic amines) is 1. The van der Waals surface area contributed by atoms with Crippen LogP contribution < -0.4 is 15.4 Å². The standard InChI is InChI=1S/C26H37N3O5S/c1-6-11-27-23(31)20-19-12-15(4)26(35-19)21(20)25(33)29(18(13-30)14(2)3)22(26)24(32)28-16-7-9-17(34-5)10-8-16/h7-10,14-15,18-22,30H,6,11-13H2,1-5H3,(H,27,31)(H,28,32)/t15?,18-,19+,20-,21-,22?,26?/m0/s1. The Bertz CT molecular complexity index is 970. The average Bonchev–Trinajstić information content (AvgIpc) is 3.42. The Balaban J connectivity index is 1.75. The number of rotatable bonds is 9. The van der Waals surface area contributed by atoms with Crippen LogP contribution in [0.4, 0.5) is 5.69 Å². The van der Waals surface area contributed by atoms with Crippen molar-refractivity contribution in [2.45, 2.75) is 62.6 Å². The molecule has 3 aliphatic rings. The molecule has 0 aliphatic carbocycles. The highest BCUT2D eigenvalue weighted by atomic mass is 32.2. The van der Waals surface area contributed by atoms with E-state index in [2.05, 4.69) is 17.6 Å². The van der Waals surface area contributed by atoms with E-state index in [1.807, 2.05) is 20.8 Å². The Morgan fingerprint density at radius 2 is 1.94 bits per heavy atom. The molecule has 3 heterocycles. The number of nitrogens with zero attached hydrogens (tertiary/aromatic N) is 1. The zero-order valence-corrected chi connectivity index (χ0v) is 21.9. The van der Waals surface area contributed by atoms with Crippen LogP contribution >= 0.6 is 11.8 Å². The van der Waals surface area contributed by atoms with Crippen molar-refractivity contribution >= 4 is 35.2 Å². The summed E-state index contributed by atoms with van der Waals surface area (Å²) in [5, 5.41) is 16.3. The Hall–Kier alpha value is -2.26. The fourth-order valence-electron chi connectivity index (χ4n) is 6.29. The van der Waals surface area contributed by atoms with Crippen molar-refractivity contribution in [3.05, 3.63) is 24.3 Å². The number of aliphatic hydroxyl groups excluding tert-OH is 1. The zero-order chi connectivity index (χ0) is 25.5. The van der Waals surface area contributed by atoms with Crippen LogP contribution in [0.3, 0.4) is 0 Å². The van der Waals surface area contributed by atoms with Crippen molar-refractivity contribution < 1.29 is 24.2 Å². The van der Waals surface area contributed by atoms with Crippen LogP contribution in [0.1, 0.15) is 40.5 Å². The highest BCUT2D eigenvalue weighted by Crippen LogP contribution is 2.68. The van der Waals surface area contributed by atoms with Gasteiger partial charge in [-0.3, -0.25) is 14.4 Å². The molecule has 3 N–H and O–H groups in total. The molecule has 0 aromatic heterocycles. The topological polar surface area (TPSA) is 108 Å². The number of fused-ring (bicyclic) bond motifs is 1. The SMILES string of the molecule is CCCNC(=O)[C@@H]1[C@H]2C(=O)N([C@@H](CO)C(C)C)C(C(=O)Nc3ccc(OC)cc3)C23S[C@@H]1CC3C. The van der Waals surface area contributed by atoms with E-state index in [1.54, 1.807) is 48.0 Å². The lowest BCUT2D eigenvalue weighted by Crippen LogP contribution is -2.58. The number of amides is 3. The van der Waals surface area contributed by atoms with Crippen molar-refractivity contribution in [3.63, 3.8) is 0 Å². The molecule has 35 heavy (non-hydrogen) atoms. The van der Waals surface area contributed by atoms with Crippen LogP contribution in [0.25, 0.3) is 0 Å². The Morgan fingerprint density at radius 3 is 2.51 bits per heavy atom. The van der Waals surface area contributed by atoms with Crippen LogP contribution in [0.15, 0.2) is 24.3 Å². The van der Waals surface area contributed by atoms with Gasteiger partial charge < -0.3 is 25.4 Å². The number of nitrogens with one attached hydrogen (secondary N) is 2. The Morgan fingerprint density at radius 1 is 1.26 bits per heavy atom. The van der Waals surface area contributed by atoms with Crippen molar-refractivity contribution in [2.75, 3.05) is 25.6 Å². The maximum Gasteiger partial charge on any atom is 0.248 e. The van der Waals surface area contributed by atoms with E-state index in [1.165, 1.54) is 0 Å². The highest BCUT2D eigenvalue weighted by Gasteiger charge is 2.76. The molecule has 3 unspecified atom stereocenters. The second-order valence-electron chi connectivity index (χ2n) is 10.3. The van der Waals surface area contributed by atoms with Gasteiger partial charge in [0.05, 0.1) is 36.3 Å². The number of ether oxygens (including phenoxy) is 1. The first-order valence-electron chi connectivity index (χ1n) is 12.5. The van der Waals surface area contributed by atoms with E-state index in [0.29, 0.717) is 18.0 Å². The first kappa shape index (κ1) is 25.8. The normalized spacial score (nSPS) is 32.0. The summed E-state index contributed by atoms with van der Waals surface area (Å²) in [5.74, 6) is -0.923. The van der Waals surface area contributed by atoms with Gasteiger partial charge in [0.1, 0.15) is 11.8 Å². The molecular formula is C26H37N3O5S. The predicted octanol–water partition coefficient (Wildman–Crippen LogP) is 2.51. The summed E-state index contributed by atoms with van der Waals surface area (Å²) in [6, 6.07) is 5.78. The number of methoxy groups -OCH3 is 1. The molecule has 8 nitrogen and oxygen atoms in total. The summed E-state index contributed by atoms with van der Waals surface area (Å²) in [6.45, 7) is 8.29. The fourth-order valence-corrected chi connectivity index (χ4v) is 8.70. The molecule has 3 fully saturated rings. The number of hydrogen-bond acceptors (Lipinski definition) is 6. The van der Waals surface area contributed by atoms with Gasteiger partial charge in [-0.1, -0.05) is 27.7 Å². The molecule has 3 amide bonds. The molecule has 192 valence electrons. The summed E-state index contributed by atoms with van der Waals surface area (Å²) in [6.07, 6.45) is 1.60. The molecule has 2 bridgehead atoms. The van der Waals surface area contributed by atoms with Gasteiger partial charge in [-0.05, 0) is 48.9 Å². The molecule has 1 aromatic rings. The third kappa shape index (κ3) is 4.10. The van der Waals surface area contributed by atoms with Crippen LogP contribution in [0, 0.1) is 23.7 Å². The highest BCUT2D eigenvalue weighted by molar-refractivity contribution is 8.02. The van der Waals surface area contributed by atoms with Crippen LogP contribution in [-0.4, -0.2) is 70.1 Å².